The lowest BCUT2D eigenvalue weighted by atomic mass is 10.3. The van der Waals surface area contributed by atoms with Crippen LogP contribution in [-0.2, 0) is 14.9 Å². The molecule has 19 heavy (non-hydrogen) atoms. The fourth-order valence-corrected chi connectivity index (χ4v) is 3.55. The predicted molar refractivity (Wildman–Crippen MR) is 70.2 cm³/mol. The Labute approximate surface area is 119 Å². The third kappa shape index (κ3) is 2.63. The molecule has 0 heterocycles. The molecular formula is C12H7Cl2O4S. The molecule has 0 unspecified atom stereocenters. The third-order valence-electron chi connectivity index (χ3n) is 2.42. The number of sulfone groups is 1. The summed E-state index contributed by atoms with van der Waals surface area (Å²) in [6.07, 6.45) is 0. The van der Waals surface area contributed by atoms with Crippen LogP contribution in [0.15, 0.2) is 46.2 Å². The molecule has 0 aliphatic heterocycles. The summed E-state index contributed by atoms with van der Waals surface area (Å²) in [7, 11) is -3.89. The molecule has 0 amide bonds. The molecule has 0 saturated heterocycles. The summed E-state index contributed by atoms with van der Waals surface area (Å²) in [5.41, 5.74) is 0. The zero-order chi connectivity index (χ0) is 14.2. The van der Waals surface area contributed by atoms with E-state index < -0.39 is 15.6 Å². The first kappa shape index (κ1) is 14.0. The summed E-state index contributed by atoms with van der Waals surface area (Å²) < 4.78 is 24.6. The number of rotatable bonds is 2. The molecule has 2 aromatic carbocycles. The van der Waals surface area contributed by atoms with E-state index in [1.807, 2.05) is 0 Å². The second-order valence-electron chi connectivity index (χ2n) is 3.71. The Hall–Kier alpha value is -1.43. The molecule has 1 radical (unpaired) electrons. The first-order valence-electron chi connectivity index (χ1n) is 5.02. The van der Waals surface area contributed by atoms with Crippen molar-refractivity contribution in [3.8, 4) is 11.5 Å². The maximum absolute atomic E-state index is 12.3. The first-order valence-corrected chi connectivity index (χ1v) is 7.26. The quantitative estimate of drug-likeness (QED) is 0.918. The standard InChI is InChI=1S/C12H7Cl2O4S/c13-9-6-8(2-3-11(9)16)19(17,18)12-4-1-7(15)5-10(12)14/h1-6,15H. The minimum absolute atomic E-state index is 0.109. The maximum Gasteiger partial charge on any atom is 0.208 e. The van der Waals surface area contributed by atoms with Gasteiger partial charge in [0.2, 0.25) is 9.84 Å². The fraction of sp³-hybridized carbons (Fsp3) is 0. The van der Waals surface area contributed by atoms with Gasteiger partial charge in [0.15, 0.2) is 5.75 Å². The molecule has 99 valence electrons. The summed E-state index contributed by atoms with van der Waals surface area (Å²) in [4.78, 5) is -0.300. The van der Waals surface area contributed by atoms with E-state index in [4.69, 9.17) is 23.2 Å². The second-order valence-corrected chi connectivity index (χ2v) is 6.44. The molecule has 0 bridgehead atoms. The lowest BCUT2D eigenvalue weighted by Gasteiger charge is -2.07. The fourth-order valence-electron chi connectivity index (χ4n) is 1.48. The highest BCUT2D eigenvalue weighted by molar-refractivity contribution is 7.91. The van der Waals surface area contributed by atoms with Crippen molar-refractivity contribution < 1.29 is 18.6 Å². The van der Waals surface area contributed by atoms with Crippen LogP contribution < -0.4 is 0 Å². The zero-order valence-corrected chi connectivity index (χ0v) is 11.6. The van der Waals surface area contributed by atoms with E-state index in [2.05, 4.69) is 0 Å². The third-order valence-corrected chi connectivity index (χ3v) is 4.95. The maximum atomic E-state index is 12.3. The van der Waals surface area contributed by atoms with Gasteiger partial charge in [-0.3, -0.25) is 5.11 Å². The lowest BCUT2D eigenvalue weighted by molar-refractivity contribution is 0.355. The highest BCUT2D eigenvalue weighted by Crippen LogP contribution is 2.33. The Bertz CT molecular complexity index is 741. The molecule has 0 fully saturated rings. The lowest BCUT2D eigenvalue weighted by Crippen LogP contribution is -2.02. The van der Waals surface area contributed by atoms with Gasteiger partial charge in [0.25, 0.3) is 0 Å². The van der Waals surface area contributed by atoms with Gasteiger partial charge in [0, 0.05) is 0 Å². The van der Waals surface area contributed by atoms with Crippen LogP contribution in [0.25, 0.3) is 0 Å². The van der Waals surface area contributed by atoms with Gasteiger partial charge in [-0.1, -0.05) is 23.2 Å². The first-order chi connectivity index (χ1) is 8.82. The van der Waals surface area contributed by atoms with Crippen LogP contribution in [0.2, 0.25) is 10.0 Å². The van der Waals surface area contributed by atoms with Gasteiger partial charge in [0.1, 0.15) is 5.75 Å². The molecule has 2 rings (SSSR count). The van der Waals surface area contributed by atoms with Crippen LogP contribution in [0.4, 0.5) is 0 Å². The average molecular weight is 318 g/mol. The predicted octanol–water partition coefficient (Wildman–Crippen LogP) is 3.68. The van der Waals surface area contributed by atoms with Crippen molar-refractivity contribution in [1.29, 1.82) is 0 Å². The molecule has 0 spiro atoms. The van der Waals surface area contributed by atoms with Crippen molar-refractivity contribution in [1.82, 2.24) is 0 Å². The van der Waals surface area contributed by atoms with Crippen LogP contribution in [-0.4, -0.2) is 13.5 Å². The zero-order valence-electron chi connectivity index (χ0n) is 9.30. The summed E-state index contributed by atoms with van der Waals surface area (Å²) in [5.74, 6) is -0.602. The highest BCUT2D eigenvalue weighted by atomic mass is 35.5. The number of benzene rings is 2. The van der Waals surface area contributed by atoms with Gasteiger partial charge in [-0.15, -0.1) is 0 Å². The molecule has 0 saturated carbocycles. The van der Waals surface area contributed by atoms with Crippen LogP contribution in [0.5, 0.6) is 11.5 Å². The Morgan fingerprint density at radius 2 is 1.63 bits per heavy atom. The van der Waals surface area contributed by atoms with E-state index in [0.717, 1.165) is 24.3 Å². The Balaban J connectivity index is 2.62. The largest absolute Gasteiger partial charge is 0.508 e. The van der Waals surface area contributed by atoms with Gasteiger partial charge in [-0.25, -0.2) is 8.42 Å². The molecule has 0 aliphatic carbocycles. The smallest absolute Gasteiger partial charge is 0.208 e. The Kier molecular flexibility index (Phi) is 3.62. The summed E-state index contributed by atoms with van der Waals surface area (Å²) in [6, 6.07) is 6.82. The number of aromatic hydroxyl groups is 1. The average Bonchev–Trinajstić information content (AvgIpc) is 2.32. The van der Waals surface area contributed by atoms with Crippen molar-refractivity contribution >= 4 is 33.0 Å². The highest BCUT2D eigenvalue weighted by Gasteiger charge is 2.22. The molecule has 4 nitrogen and oxygen atoms in total. The van der Waals surface area contributed by atoms with Gasteiger partial charge in [0.05, 0.1) is 19.8 Å². The number of halogens is 2. The normalized spacial score (nSPS) is 11.5. The molecule has 0 atom stereocenters. The van der Waals surface area contributed by atoms with E-state index in [-0.39, 0.29) is 25.6 Å². The molecule has 7 heteroatoms. The van der Waals surface area contributed by atoms with Crippen molar-refractivity contribution in [2.24, 2.45) is 0 Å². The van der Waals surface area contributed by atoms with Crippen molar-refractivity contribution in [3.63, 3.8) is 0 Å². The van der Waals surface area contributed by atoms with Gasteiger partial charge < -0.3 is 5.11 Å². The van der Waals surface area contributed by atoms with Crippen LogP contribution in [0, 0.1) is 0 Å². The monoisotopic (exact) mass is 317 g/mol. The molecule has 1 N–H and O–H groups in total. The number of hydrogen-bond acceptors (Lipinski definition) is 3. The van der Waals surface area contributed by atoms with E-state index in [9.17, 15) is 18.6 Å². The Morgan fingerprint density at radius 3 is 2.21 bits per heavy atom. The van der Waals surface area contributed by atoms with Crippen molar-refractivity contribution in [2.75, 3.05) is 0 Å². The van der Waals surface area contributed by atoms with Gasteiger partial charge in [-0.05, 0) is 36.4 Å². The summed E-state index contributed by atoms with van der Waals surface area (Å²) >= 11 is 11.4. The van der Waals surface area contributed by atoms with E-state index in [1.165, 1.54) is 12.1 Å². The number of phenols is 1. The van der Waals surface area contributed by atoms with E-state index in [1.54, 1.807) is 0 Å². The topological polar surface area (TPSA) is 74.3 Å². The molecular weight excluding hydrogens is 311 g/mol. The van der Waals surface area contributed by atoms with Crippen LogP contribution in [0.1, 0.15) is 0 Å². The SMILES string of the molecule is [O]c1ccc(S(=O)(=O)c2ccc(O)cc2Cl)cc1Cl. The van der Waals surface area contributed by atoms with Crippen molar-refractivity contribution in [2.45, 2.75) is 9.79 Å². The van der Waals surface area contributed by atoms with Gasteiger partial charge in [-0.2, -0.15) is 0 Å². The minimum Gasteiger partial charge on any atom is -0.508 e. The van der Waals surface area contributed by atoms with Gasteiger partial charge >= 0.3 is 0 Å². The molecule has 2 aromatic rings. The summed E-state index contributed by atoms with van der Waals surface area (Å²) in [6.45, 7) is 0. The second kappa shape index (κ2) is 4.92. The summed E-state index contributed by atoms with van der Waals surface area (Å²) in [5, 5.41) is 20.1. The molecule has 0 aliphatic rings. The van der Waals surface area contributed by atoms with E-state index in [0.29, 0.717) is 0 Å². The number of hydrogen-bond donors (Lipinski definition) is 1. The minimum atomic E-state index is -3.89. The van der Waals surface area contributed by atoms with E-state index >= 15 is 0 Å². The van der Waals surface area contributed by atoms with Crippen LogP contribution >= 0.6 is 23.2 Å². The molecule has 0 aromatic heterocycles. The van der Waals surface area contributed by atoms with Crippen LogP contribution in [0.3, 0.4) is 0 Å². The number of phenolic OH excluding ortho intramolecular Hbond substituents is 1. The Morgan fingerprint density at radius 1 is 0.947 bits per heavy atom. The van der Waals surface area contributed by atoms with Crippen molar-refractivity contribution in [3.05, 3.63) is 46.4 Å².